The van der Waals surface area contributed by atoms with Gasteiger partial charge in [-0.25, -0.2) is 4.79 Å². The van der Waals surface area contributed by atoms with Gasteiger partial charge in [-0.1, -0.05) is 46.8 Å². The van der Waals surface area contributed by atoms with Gasteiger partial charge in [0.1, 0.15) is 17.0 Å². The van der Waals surface area contributed by atoms with Crippen molar-refractivity contribution >= 4 is 5.97 Å². The van der Waals surface area contributed by atoms with Crippen LogP contribution in [0.3, 0.4) is 0 Å². The highest BCUT2D eigenvalue weighted by molar-refractivity contribution is 5.73. The molecule has 17 nitrogen and oxygen atoms in total. The molecule has 0 aliphatic carbocycles. The Balaban J connectivity index is 1.05. The van der Waals surface area contributed by atoms with E-state index in [-0.39, 0.29) is 66.7 Å². The maximum atomic E-state index is 12.1. The minimum atomic E-state index is -2.50. The number of carboxylic acid groups (broad SMARTS) is 1. The molecule has 1 aromatic carbocycles. The Kier molecular flexibility index (Phi) is 15.4. The van der Waals surface area contributed by atoms with Crippen LogP contribution in [-0.4, -0.2) is 164 Å². The fourth-order valence-electron chi connectivity index (χ4n) is 12.8. The van der Waals surface area contributed by atoms with Gasteiger partial charge in [0.2, 0.25) is 11.9 Å². The molecule has 0 amide bonds. The van der Waals surface area contributed by atoms with Crippen LogP contribution in [0.2, 0.25) is 0 Å². The average Bonchev–Trinajstić information content (AvgIpc) is 4.04. The van der Waals surface area contributed by atoms with E-state index in [9.17, 15) is 25.2 Å². The first-order chi connectivity index (χ1) is 31.1. The molecule has 0 saturated carbocycles. The Morgan fingerprint density at radius 3 is 2.02 bits per heavy atom. The van der Waals surface area contributed by atoms with E-state index in [2.05, 4.69) is 13.8 Å². The number of aliphatic hydroxyl groups excluding tert-OH is 1. The van der Waals surface area contributed by atoms with Gasteiger partial charge in [-0.2, -0.15) is 0 Å². The molecule has 6 heterocycles. The van der Waals surface area contributed by atoms with E-state index in [0.29, 0.717) is 19.4 Å². The van der Waals surface area contributed by atoms with E-state index >= 15 is 0 Å². The number of methoxy groups -OCH3 is 5. The maximum absolute atomic E-state index is 12.1. The van der Waals surface area contributed by atoms with Crippen molar-refractivity contribution in [1.29, 1.82) is 0 Å². The van der Waals surface area contributed by atoms with Gasteiger partial charge < -0.3 is 77.3 Å². The second kappa shape index (κ2) is 19.6. The minimum absolute atomic E-state index is 0.0666. The SMILES string of the molecule is COc1ccc(COC2C(C)C(C3CCC(C4CCC(C5(C)OC6(OC(CC7OC(O)(C(O)C(=O)O)C(C)C(OC)C7(C)OC)CC(OC)C6C)C(C)C5OC)O4)O3)OC(C)(O)C2C)cc1. The molecule has 6 fully saturated rings. The Bertz CT molecular complexity index is 1800. The van der Waals surface area contributed by atoms with Crippen LogP contribution in [0.25, 0.3) is 0 Å². The second-order valence-electron chi connectivity index (χ2n) is 20.6. The number of hydrogen-bond donors (Lipinski definition) is 4. The zero-order valence-corrected chi connectivity index (χ0v) is 41.2. The Morgan fingerprint density at radius 2 is 1.41 bits per heavy atom. The molecular weight excluding hydrogens is 861 g/mol. The van der Waals surface area contributed by atoms with Crippen molar-refractivity contribution in [3.8, 4) is 5.75 Å². The van der Waals surface area contributed by atoms with Gasteiger partial charge in [-0.3, -0.25) is 0 Å². The summed E-state index contributed by atoms with van der Waals surface area (Å²) in [6.07, 6.45) is -3.85. The van der Waals surface area contributed by atoms with Crippen molar-refractivity contribution in [2.75, 3.05) is 35.5 Å². The first kappa shape index (κ1) is 51.8. The van der Waals surface area contributed by atoms with Gasteiger partial charge in [0.15, 0.2) is 11.6 Å². The summed E-state index contributed by atoms with van der Waals surface area (Å²) in [6, 6.07) is 7.78. The van der Waals surface area contributed by atoms with E-state index in [1.807, 2.05) is 45.0 Å². The van der Waals surface area contributed by atoms with E-state index in [1.54, 1.807) is 42.1 Å². The number of aliphatic carboxylic acids is 1. The molecule has 22 atom stereocenters. The lowest BCUT2D eigenvalue weighted by atomic mass is 9.73. The zero-order chi connectivity index (χ0) is 48.3. The highest BCUT2D eigenvalue weighted by Crippen LogP contribution is 2.57. The summed E-state index contributed by atoms with van der Waals surface area (Å²) >= 11 is 0. The third-order valence-corrected chi connectivity index (χ3v) is 17.0. The number of aliphatic hydroxyl groups is 3. The molecule has 7 rings (SSSR count). The molecule has 6 aliphatic heterocycles. The lowest BCUT2D eigenvalue weighted by Crippen LogP contribution is -2.72. The highest BCUT2D eigenvalue weighted by atomic mass is 16.7. The highest BCUT2D eigenvalue weighted by Gasteiger charge is 2.70. The van der Waals surface area contributed by atoms with Crippen molar-refractivity contribution in [2.24, 2.45) is 29.6 Å². The molecule has 66 heavy (non-hydrogen) atoms. The molecular formula is C49H78O17. The predicted octanol–water partition coefficient (Wildman–Crippen LogP) is 4.61. The summed E-state index contributed by atoms with van der Waals surface area (Å²) in [5, 5.41) is 43.8. The lowest BCUT2D eigenvalue weighted by molar-refractivity contribution is -0.389. The molecule has 376 valence electrons. The first-order valence-corrected chi connectivity index (χ1v) is 23.9. The van der Waals surface area contributed by atoms with Crippen LogP contribution in [0.15, 0.2) is 24.3 Å². The quantitative estimate of drug-likeness (QED) is 0.189. The van der Waals surface area contributed by atoms with Crippen molar-refractivity contribution in [3.63, 3.8) is 0 Å². The van der Waals surface area contributed by atoms with Gasteiger partial charge in [0.25, 0.3) is 0 Å². The third-order valence-electron chi connectivity index (χ3n) is 17.0. The fraction of sp³-hybridized carbons (Fsp3) is 0.857. The predicted molar refractivity (Wildman–Crippen MR) is 236 cm³/mol. The number of hydrogen-bond acceptors (Lipinski definition) is 16. The van der Waals surface area contributed by atoms with Crippen LogP contribution in [0, 0.1) is 29.6 Å². The van der Waals surface area contributed by atoms with Gasteiger partial charge >= 0.3 is 5.97 Å². The van der Waals surface area contributed by atoms with Gasteiger partial charge in [-0.15, -0.1) is 0 Å². The standard InChI is InChI=1S/C49H78O17/c1-25-39(60-24-30-14-16-31(55-9)17-15-30)27(3)47(8,53)65-40(25)35-19-18-33(61-35)34-20-21-37(62-34)46(7)43(58-12)29(5)49(66-46)26(2)36(56-10)22-32(63-49)23-38-45(6,59-13)42(57-11)28(4)48(54,64-38)41(50)44(51)52/h14-17,25-29,32-43,50,53-54H,18-24H2,1-13H3,(H,51,52). The molecule has 1 aromatic rings. The Morgan fingerprint density at radius 1 is 0.773 bits per heavy atom. The molecule has 0 aromatic heterocycles. The van der Waals surface area contributed by atoms with E-state index < -0.39 is 77.1 Å². The summed E-state index contributed by atoms with van der Waals surface area (Å²) in [4.78, 5) is 12.1. The topological polar surface area (TPSA) is 209 Å². The van der Waals surface area contributed by atoms with Crippen LogP contribution in [-0.2, 0) is 63.5 Å². The Labute approximate surface area is 390 Å². The largest absolute Gasteiger partial charge is 0.497 e. The van der Waals surface area contributed by atoms with E-state index in [0.717, 1.165) is 30.6 Å². The molecule has 6 saturated heterocycles. The number of carbonyl (C=O) groups is 1. The number of rotatable bonds is 15. The van der Waals surface area contributed by atoms with Crippen LogP contribution in [0.1, 0.15) is 99.5 Å². The fourth-order valence-corrected chi connectivity index (χ4v) is 12.8. The van der Waals surface area contributed by atoms with Gasteiger partial charge in [0, 0.05) is 70.9 Å². The normalized spacial score (nSPS) is 49.0. The molecule has 1 spiro atoms. The van der Waals surface area contributed by atoms with Crippen LogP contribution < -0.4 is 4.74 Å². The number of ether oxygens (including phenoxy) is 12. The summed E-state index contributed by atoms with van der Waals surface area (Å²) < 4.78 is 77.1. The molecule has 0 bridgehead atoms. The van der Waals surface area contributed by atoms with Crippen molar-refractivity contribution in [1.82, 2.24) is 0 Å². The van der Waals surface area contributed by atoms with Crippen molar-refractivity contribution in [2.45, 2.75) is 202 Å². The summed E-state index contributed by atoms with van der Waals surface area (Å²) in [6.45, 7) is 15.6. The third kappa shape index (κ3) is 8.88. The summed E-state index contributed by atoms with van der Waals surface area (Å²) in [7, 11) is 7.92. The second-order valence-corrected chi connectivity index (χ2v) is 20.6. The maximum Gasteiger partial charge on any atom is 0.338 e. The molecule has 0 radical (unpaired) electrons. The molecule has 22 unspecified atom stereocenters. The summed E-state index contributed by atoms with van der Waals surface area (Å²) in [5.74, 6) is -7.95. The first-order valence-electron chi connectivity index (χ1n) is 23.9. The van der Waals surface area contributed by atoms with E-state index in [1.165, 1.54) is 14.2 Å². The van der Waals surface area contributed by atoms with Gasteiger partial charge in [-0.05, 0) is 64.2 Å². The van der Waals surface area contributed by atoms with Gasteiger partial charge in [0.05, 0.1) is 80.9 Å². The monoisotopic (exact) mass is 939 g/mol. The van der Waals surface area contributed by atoms with Crippen LogP contribution >= 0.6 is 0 Å². The smallest absolute Gasteiger partial charge is 0.338 e. The average molecular weight is 939 g/mol. The van der Waals surface area contributed by atoms with Crippen molar-refractivity contribution in [3.05, 3.63) is 29.8 Å². The Hall–Kier alpha value is -2.07. The van der Waals surface area contributed by atoms with Crippen LogP contribution in [0.5, 0.6) is 5.75 Å². The van der Waals surface area contributed by atoms with E-state index in [4.69, 9.17) is 56.8 Å². The number of carboxylic acids is 1. The summed E-state index contributed by atoms with van der Waals surface area (Å²) in [5.41, 5.74) is -1.15. The number of benzene rings is 1. The van der Waals surface area contributed by atoms with Crippen molar-refractivity contribution < 1.29 is 82.1 Å². The van der Waals surface area contributed by atoms with Crippen LogP contribution in [0.4, 0.5) is 0 Å². The molecule has 17 heteroatoms. The lowest BCUT2D eigenvalue weighted by Gasteiger charge is -2.56. The molecule has 6 aliphatic rings. The minimum Gasteiger partial charge on any atom is -0.497 e. The zero-order valence-electron chi connectivity index (χ0n) is 41.2. The molecule has 4 N–H and O–H groups in total.